The molecule has 1 saturated heterocycles. The number of likely N-dealkylation sites (tertiary alicyclic amines) is 1. The Hall–Kier alpha value is -3.37. The van der Waals surface area contributed by atoms with Crippen LogP contribution in [0, 0.1) is 17.0 Å². The molecule has 5 rings (SSSR count). The van der Waals surface area contributed by atoms with Crippen LogP contribution in [0.2, 0.25) is 0 Å². The molecule has 218 valence electrons. The SMILES string of the molecule is CC1(O)CCC(N2CC(CC(=O)CC(C)(C)c3ncccn3)(CC(=O)c3cc(-c4ccc(F)cc4F)on3)C2)CC1. The van der Waals surface area contributed by atoms with Gasteiger partial charge in [-0.15, -0.1) is 0 Å². The van der Waals surface area contributed by atoms with Crippen LogP contribution in [0.1, 0.15) is 82.0 Å². The van der Waals surface area contributed by atoms with Gasteiger partial charge in [0, 0.05) is 73.8 Å². The zero-order chi connectivity index (χ0) is 29.4. The first-order chi connectivity index (χ1) is 19.3. The van der Waals surface area contributed by atoms with Gasteiger partial charge >= 0.3 is 0 Å². The number of carbonyl (C=O) groups excluding carboxylic acids is 2. The molecule has 0 amide bonds. The normalized spacial score (nSPS) is 22.7. The minimum atomic E-state index is -0.812. The van der Waals surface area contributed by atoms with Crippen LogP contribution in [0.15, 0.2) is 47.2 Å². The highest BCUT2D eigenvalue weighted by Gasteiger charge is 2.49. The number of rotatable bonds is 10. The number of hydrogen-bond acceptors (Lipinski definition) is 8. The summed E-state index contributed by atoms with van der Waals surface area (Å²) in [6.45, 7) is 6.89. The lowest BCUT2D eigenvalue weighted by atomic mass is 9.68. The standard InChI is InChI=1S/C31H36F2N4O4/c1-29(2,28-34-11-4-12-35-28)15-22(38)16-31(18-37(19-31)21-7-9-30(3,40)10-8-21)17-26(39)25-14-27(41-36-25)23-6-5-20(32)13-24(23)33/h4-6,11-14,21,40H,7-10,15-19H2,1-3H3. The molecule has 2 aliphatic rings. The largest absolute Gasteiger partial charge is 0.390 e. The third-order valence-corrected chi connectivity index (χ3v) is 8.54. The molecule has 3 aromatic rings. The van der Waals surface area contributed by atoms with Crippen LogP contribution in [-0.2, 0) is 10.2 Å². The lowest BCUT2D eigenvalue weighted by molar-refractivity contribution is -0.128. The summed E-state index contributed by atoms with van der Waals surface area (Å²) in [7, 11) is 0. The number of ketones is 2. The van der Waals surface area contributed by atoms with Crippen molar-refractivity contribution in [2.45, 2.75) is 82.8 Å². The predicted octanol–water partition coefficient (Wildman–Crippen LogP) is 5.31. The number of halogens is 2. The summed E-state index contributed by atoms with van der Waals surface area (Å²) >= 11 is 0. The fraction of sp³-hybridized carbons (Fsp3) is 0.516. The summed E-state index contributed by atoms with van der Waals surface area (Å²) in [5.41, 5.74) is -1.74. The van der Waals surface area contributed by atoms with E-state index in [1.165, 1.54) is 12.1 Å². The second-order valence-corrected chi connectivity index (χ2v) is 12.8. The van der Waals surface area contributed by atoms with Gasteiger partial charge in [0.15, 0.2) is 11.5 Å². The number of Topliss-reactive ketones (excluding diaryl/α,β-unsaturated/α-hetero) is 2. The van der Waals surface area contributed by atoms with Gasteiger partial charge in [-0.05, 0) is 50.8 Å². The van der Waals surface area contributed by atoms with E-state index in [1.54, 1.807) is 18.5 Å². The van der Waals surface area contributed by atoms with Crippen molar-refractivity contribution in [3.05, 3.63) is 65.9 Å². The van der Waals surface area contributed by atoms with Crippen LogP contribution in [0.4, 0.5) is 8.78 Å². The van der Waals surface area contributed by atoms with Crippen LogP contribution in [0.25, 0.3) is 11.3 Å². The smallest absolute Gasteiger partial charge is 0.185 e. The van der Waals surface area contributed by atoms with Gasteiger partial charge in [0.2, 0.25) is 0 Å². The van der Waals surface area contributed by atoms with Crippen LogP contribution in [0.5, 0.6) is 0 Å². The molecule has 0 atom stereocenters. The van der Waals surface area contributed by atoms with Crippen molar-refractivity contribution in [2.75, 3.05) is 13.1 Å². The third-order valence-electron chi connectivity index (χ3n) is 8.54. The van der Waals surface area contributed by atoms with Gasteiger partial charge in [-0.25, -0.2) is 18.7 Å². The Kier molecular flexibility index (Phi) is 7.91. The molecule has 1 aliphatic carbocycles. The zero-order valence-corrected chi connectivity index (χ0v) is 23.7. The van der Waals surface area contributed by atoms with Crippen molar-refractivity contribution in [1.82, 2.24) is 20.0 Å². The van der Waals surface area contributed by atoms with Crippen LogP contribution >= 0.6 is 0 Å². The van der Waals surface area contributed by atoms with Gasteiger partial charge in [0.05, 0.1) is 11.2 Å². The van der Waals surface area contributed by atoms with Crippen LogP contribution in [0.3, 0.4) is 0 Å². The maximum absolute atomic E-state index is 14.3. The van der Waals surface area contributed by atoms with Crippen molar-refractivity contribution in [3.8, 4) is 11.3 Å². The van der Waals surface area contributed by atoms with E-state index in [1.807, 2.05) is 20.8 Å². The first kappa shape index (κ1) is 29.1. The van der Waals surface area contributed by atoms with E-state index in [9.17, 15) is 23.5 Å². The van der Waals surface area contributed by atoms with Gasteiger partial charge in [0.1, 0.15) is 28.9 Å². The minimum Gasteiger partial charge on any atom is -0.390 e. The Bertz CT molecular complexity index is 1410. The lowest BCUT2D eigenvalue weighted by Crippen LogP contribution is -2.62. The second kappa shape index (κ2) is 11.1. The summed E-state index contributed by atoms with van der Waals surface area (Å²) in [5.74, 6) is -1.18. The summed E-state index contributed by atoms with van der Waals surface area (Å²) in [6, 6.07) is 6.49. The Labute approximate surface area is 238 Å². The van der Waals surface area contributed by atoms with Crippen molar-refractivity contribution < 1.29 is 28.0 Å². The number of aromatic nitrogens is 3. The van der Waals surface area contributed by atoms with Crippen molar-refractivity contribution in [2.24, 2.45) is 5.41 Å². The maximum atomic E-state index is 14.3. The third kappa shape index (κ3) is 6.59. The van der Waals surface area contributed by atoms with E-state index in [0.29, 0.717) is 37.8 Å². The molecule has 1 aliphatic heterocycles. The molecule has 0 unspecified atom stereocenters. The highest BCUT2D eigenvalue weighted by molar-refractivity contribution is 5.96. The van der Waals surface area contributed by atoms with Crippen molar-refractivity contribution >= 4 is 11.6 Å². The Balaban J connectivity index is 1.31. The van der Waals surface area contributed by atoms with Gasteiger partial charge < -0.3 is 9.63 Å². The molecule has 8 nitrogen and oxygen atoms in total. The molecule has 1 saturated carbocycles. The summed E-state index contributed by atoms with van der Waals surface area (Å²) in [6.07, 6.45) is 6.99. The molecule has 0 spiro atoms. The Morgan fingerprint density at radius 3 is 2.44 bits per heavy atom. The topological polar surface area (TPSA) is 109 Å². The molecular formula is C31H36F2N4O4. The van der Waals surface area contributed by atoms with Crippen molar-refractivity contribution in [3.63, 3.8) is 0 Å². The highest BCUT2D eigenvalue weighted by Crippen LogP contribution is 2.44. The molecule has 3 heterocycles. The minimum absolute atomic E-state index is 0.0104. The molecule has 0 bridgehead atoms. The van der Waals surface area contributed by atoms with Gasteiger partial charge in [-0.3, -0.25) is 14.5 Å². The molecule has 1 aromatic carbocycles. The Morgan fingerprint density at radius 2 is 1.78 bits per heavy atom. The molecule has 41 heavy (non-hydrogen) atoms. The van der Waals surface area contributed by atoms with E-state index in [4.69, 9.17) is 4.52 Å². The number of hydrogen-bond donors (Lipinski definition) is 1. The predicted molar refractivity (Wildman–Crippen MR) is 147 cm³/mol. The second-order valence-electron chi connectivity index (χ2n) is 12.8. The lowest BCUT2D eigenvalue weighted by Gasteiger charge is -2.54. The Morgan fingerprint density at radius 1 is 1.10 bits per heavy atom. The summed E-state index contributed by atoms with van der Waals surface area (Å²) in [5, 5.41) is 14.2. The number of benzene rings is 1. The van der Waals surface area contributed by atoms with Crippen LogP contribution < -0.4 is 0 Å². The molecule has 1 N–H and O–H groups in total. The van der Waals surface area contributed by atoms with Gasteiger partial charge in [-0.2, -0.15) is 0 Å². The molecule has 10 heteroatoms. The average molecular weight is 567 g/mol. The molecule has 2 aromatic heterocycles. The van der Waals surface area contributed by atoms with E-state index in [-0.39, 0.29) is 47.8 Å². The van der Waals surface area contributed by atoms with E-state index in [0.717, 1.165) is 25.0 Å². The molecular weight excluding hydrogens is 530 g/mol. The van der Waals surface area contributed by atoms with E-state index < -0.39 is 28.1 Å². The quantitative estimate of drug-likeness (QED) is 0.329. The van der Waals surface area contributed by atoms with Gasteiger partial charge in [0.25, 0.3) is 0 Å². The first-order valence-corrected chi connectivity index (χ1v) is 14.1. The fourth-order valence-corrected chi connectivity index (χ4v) is 6.30. The summed E-state index contributed by atoms with van der Waals surface area (Å²) in [4.78, 5) is 37.9. The van der Waals surface area contributed by atoms with Crippen molar-refractivity contribution in [1.29, 1.82) is 0 Å². The molecule has 0 radical (unpaired) electrons. The van der Waals surface area contributed by atoms with E-state index in [2.05, 4.69) is 20.0 Å². The monoisotopic (exact) mass is 566 g/mol. The zero-order valence-electron chi connectivity index (χ0n) is 23.7. The maximum Gasteiger partial charge on any atom is 0.185 e. The highest BCUT2D eigenvalue weighted by atomic mass is 19.1. The first-order valence-electron chi connectivity index (χ1n) is 14.1. The van der Waals surface area contributed by atoms with Crippen LogP contribution in [-0.4, -0.2) is 61.4 Å². The number of nitrogens with zero attached hydrogens (tertiary/aromatic N) is 4. The average Bonchev–Trinajstić information content (AvgIpc) is 3.37. The summed E-state index contributed by atoms with van der Waals surface area (Å²) < 4.78 is 32.9. The number of carbonyl (C=O) groups is 2. The number of aliphatic hydroxyl groups is 1. The van der Waals surface area contributed by atoms with Gasteiger partial charge in [-0.1, -0.05) is 19.0 Å². The molecule has 2 fully saturated rings. The fourth-order valence-electron chi connectivity index (χ4n) is 6.30. The van der Waals surface area contributed by atoms with E-state index >= 15 is 0 Å².